The Morgan fingerprint density at radius 3 is 2.44 bits per heavy atom. The molecule has 1 N–H and O–H groups in total. The first-order valence-electron chi connectivity index (χ1n) is 6.21. The summed E-state index contributed by atoms with van der Waals surface area (Å²) in [7, 11) is 0. The third kappa shape index (κ3) is 3.09. The number of amidine groups is 1. The summed E-state index contributed by atoms with van der Waals surface area (Å²) in [6, 6.07) is 4.72. The monoisotopic (exact) mass is 326 g/mol. The Balaban J connectivity index is 2.18. The Labute approximate surface area is 122 Å². The van der Waals surface area contributed by atoms with E-state index in [0.29, 0.717) is 12.0 Å². The summed E-state index contributed by atoms with van der Waals surface area (Å²) < 4.78 is 1.13. The highest BCUT2D eigenvalue weighted by Gasteiger charge is 2.21. The van der Waals surface area contributed by atoms with Crippen LogP contribution < -0.4 is 5.32 Å². The van der Waals surface area contributed by atoms with Gasteiger partial charge in [0.2, 0.25) is 0 Å². The molecule has 1 aliphatic heterocycles. The summed E-state index contributed by atoms with van der Waals surface area (Å²) in [5.74, 6) is 1.71. The maximum atomic E-state index is 4.74. The molecule has 0 aromatic heterocycles. The fourth-order valence-corrected chi connectivity index (χ4v) is 3.87. The normalized spacial score (nSPS) is 19.2. The van der Waals surface area contributed by atoms with Gasteiger partial charge < -0.3 is 5.32 Å². The highest BCUT2D eigenvalue weighted by Crippen LogP contribution is 2.29. The largest absolute Gasteiger partial charge is 0.335 e. The molecule has 0 bridgehead atoms. The van der Waals surface area contributed by atoms with Gasteiger partial charge in [0, 0.05) is 15.9 Å². The molecule has 0 fully saturated rings. The fourth-order valence-electron chi connectivity index (χ4n) is 2.01. The van der Waals surface area contributed by atoms with Crippen LogP contribution in [0.3, 0.4) is 0 Å². The van der Waals surface area contributed by atoms with E-state index in [4.69, 9.17) is 4.99 Å². The van der Waals surface area contributed by atoms with Gasteiger partial charge in [0.25, 0.3) is 0 Å². The lowest BCUT2D eigenvalue weighted by molar-refractivity contribution is 0.543. The number of nitrogens with one attached hydrogen (secondary N) is 1. The third-order valence-corrected chi connectivity index (χ3v) is 4.62. The lowest BCUT2D eigenvalue weighted by atomic mass is 10.1. The Kier molecular flexibility index (Phi) is 4.38. The Morgan fingerprint density at radius 1 is 1.33 bits per heavy atom. The highest BCUT2D eigenvalue weighted by molar-refractivity contribution is 9.10. The summed E-state index contributed by atoms with van der Waals surface area (Å²) in [5, 5.41) is 4.54. The third-order valence-electron chi connectivity index (χ3n) is 3.17. The summed E-state index contributed by atoms with van der Waals surface area (Å²) in [6.07, 6.45) is 0. The molecule has 2 nitrogen and oxygen atoms in total. The van der Waals surface area contributed by atoms with Gasteiger partial charge in [-0.2, -0.15) is 0 Å². The number of nitrogens with zero attached hydrogens (tertiary/aromatic N) is 1. The molecule has 0 unspecified atom stereocenters. The summed E-state index contributed by atoms with van der Waals surface area (Å²) in [5.41, 5.74) is 3.69. The zero-order chi connectivity index (χ0) is 13.3. The van der Waals surface area contributed by atoms with Gasteiger partial charge >= 0.3 is 0 Å². The maximum absolute atomic E-state index is 4.74. The molecular formula is C14H19BrN2S. The van der Waals surface area contributed by atoms with E-state index < -0.39 is 0 Å². The van der Waals surface area contributed by atoms with E-state index in [2.05, 4.69) is 61.1 Å². The van der Waals surface area contributed by atoms with Gasteiger partial charge in [-0.1, -0.05) is 41.5 Å². The molecule has 0 saturated heterocycles. The molecular weight excluding hydrogens is 308 g/mol. The second kappa shape index (κ2) is 5.66. The molecule has 1 aromatic carbocycles. The van der Waals surface area contributed by atoms with Crippen molar-refractivity contribution in [2.75, 3.05) is 11.1 Å². The molecule has 0 saturated carbocycles. The quantitative estimate of drug-likeness (QED) is 0.858. The number of hydrogen-bond donors (Lipinski definition) is 1. The molecule has 1 atom stereocenters. The number of aryl methyl sites for hydroxylation is 2. The molecule has 0 radical (unpaired) electrons. The van der Waals surface area contributed by atoms with Crippen molar-refractivity contribution in [3.63, 3.8) is 0 Å². The van der Waals surface area contributed by atoms with Crippen molar-refractivity contribution in [2.45, 2.75) is 33.7 Å². The first-order chi connectivity index (χ1) is 8.47. The molecule has 1 aliphatic rings. The second-order valence-corrected chi connectivity index (χ2v) is 7.02. The van der Waals surface area contributed by atoms with Gasteiger partial charge in [-0.3, -0.25) is 4.99 Å². The van der Waals surface area contributed by atoms with Crippen LogP contribution in [0.2, 0.25) is 0 Å². The molecule has 4 heteroatoms. The van der Waals surface area contributed by atoms with Crippen molar-refractivity contribution >= 4 is 38.5 Å². The molecule has 98 valence electrons. The summed E-state index contributed by atoms with van der Waals surface area (Å²) in [4.78, 5) is 4.74. The van der Waals surface area contributed by atoms with E-state index in [0.717, 1.165) is 15.4 Å². The Hall–Kier alpha value is -0.480. The van der Waals surface area contributed by atoms with Crippen LogP contribution in [0.15, 0.2) is 21.6 Å². The number of thioether (sulfide) groups is 1. The zero-order valence-corrected chi connectivity index (χ0v) is 13.7. The first-order valence-corrected chi connectivity index (χ1v) is 7.99. The van der Waals surface area contributed by atoms with E-state index >= 15 is 0 Å². The van der Waals surface area contributed by atoms with Crippen LogP contribution in [0.25, 0.3) is 0 Å². The zero-order valence-electron chi connectivity index (χ0n) is 11.2. The second-order valence-electron chi connectivity index (χ2n) is 5.10. The van der Waals surface area contributed by atoms with E-state index in [-0.39, 0.29) is 0 Å². The van der Waals surface area contributed by atoms with Crippen LogP contribution in [0.5, 0.6) is 0 Å². The van der Waals surface area contributed by atoms with Crippen molar-refractivity contribution in [3.05, 3.63) is 27.7 Å². The smallest absolute Gasteiger partial charge is 0.161 e. The highest BCUT2D eigenvalue weighted by atomic mass is 79.9. The minimum absolute atomic E-state index is 0.452. The fraction of sp³-hybridized carbons (Fsp3) is 0.500. The minimum Gasteiger partial charge on any atom is -0.335 e. The number of aliphatic imine (C=N–C) groups is 1. The van der Waals surface area contributed by atoms with Gasteiger partial charge in [0.05, 0.1) is 6.04 Å². The van der Waals surface area contributed by atoms with Crippen molar-refractivity contribution in [1.29, 1.82) is 0 Å². The standard InChI is InChI=1S/C14H19BrN2S/c1-8(2)12-7-18-14(16-12)17-13-9(3)5-11(15)6-10(13)4/h5-6,8,12H,7H2,1-4H3,(H,16,17)/t12-/m1/s1. The topological polar surface area (TPSA) is 24.4 Å². The van der Waals surface area contributed by atoms with Crippen LogP contribution in [0, 0.1) is 19.8 Å². The van der Waals surface area contributed by atoms with Crippen LogP contribution in [0.1, 0.15) is 25.0 Å². The molecule has 0 aliphatic carbocycles. The SMILES string of the molecule is Cc1cc(Br)cc(C)c1NC1=N[C@@H](C(C)C)CS1. The average Bonchev–Trinajstić information content (AvgIpc) is 2.71. The van der Waals surface area contributed by atoms with Gasteiger partial charge in [-0.15, -0.1) is 0 Å². The van der Waals surface area contributed by atoms with Crippen molar-refractivity contribution in [1.82, 2.24) is 0 Å². The molecule has 18 heavy (non-hydrogen) atoms. The van der Waals surface area contributed by atoms with Gasteiger partial charge in [0.15, 0.2) is 5.17 Å². The minimum atomic E-state index is 0.452. The molecule has 0 amide bonds. The lowest BCUT2D eigenvalue weighted by Crippen LogP contribution is -2.12. The predicted octanol–water partition coefficient (Wildman–Crippen LogP) is 4.61. The molecule has 1 aromatic rings. The molecule has 2 rings (SSSR count). The van der Waals surface area contributed by atoms with Gasteiger partial charge in [-0.25, -0.2) is 0 Å². The Bertz CT molecular complexity index is 460. The van der Waals surface area contributed by atoms with Crippen LogP contribution in [-0.4, -0.2) is 17.0 Å². The average molecular weight is 327 g/mol. The van der Waals surface area contributed by atoms with Crippen LogP contribution >= 0.6 is 27.7 Å². The number of anilines is 1. The lowest BCUT2D eigenvalue weighted by Gasteiger charge is -2.12. The summed E-state index contributed by atoms with van der Waals surface area (Å²) >= 11 is 5.35. The first kappa shape index (κ1) is 13.9. The summed E-state index contributed by atoms with van der Waals surface area (Å²) in [6.45, 7) is 8.71. The van der Waals surface area contributed by atoms with Crippen molar-refractivity contribution < 1.29 is 0 Å². The van der Waals surface area contributed by atoms with Crippen molar-refractivity contribution in [2.24, 2.45) is 10.9 Å². The Morgan fingerprint density at radius 2 is 1.94 bits per heavy atom. The molecule has 0 spiro atoms. The van der Waals surface area contributed by atoms with Gasteiger partial charge in [-0.05, 0) is 43.0 Å². The predicted molar refractivity (Wildman–Crippen MR) is 85.8 cm³/mol. The number of rotatable bonds is 2. The van der Waals surface area contributed by atoms with Gasteiger partial charge in [0.1, 0.15) is 0 Å². The number of benzene rings is 1. The van der Waals surface area contributed by atoms with Crippen LogP contribution in [-0.2, 0) is 0 Å². The number of halogens is 1. The van der Waals surface area contributed by atoms with E-state index in [1.54, 1.807) is 0 Å². The maximum Gasteiger partial charge on any atom is 0.161 e. The van der Waals surface area contributed by atoms with Crippen LogP contribution in [0.4, 0.5) is 5.69 Å². The number of hydrogen-bond acceptors (Lipinski definition) is 3. The van der Waals surface area contributed by atoms with E-state index in [1.165, 1.54) is 16.8 Å². The van der Waals surface area contributed by atoms with E-state index in [9.17, 15) is 0 Å². The van der Waals surface area contributed by atoms with Crippen molar-refractivity contribution in [3.8, 4) is 0 Å². The molecule has 1 heterocycles. The van der Waals surface area contributed by atoms with E-state index in [1.807, 2.05) is 11.8 Å².